The summed E-state index contributed by atoms with van der Waals surface area (Å²) in [6, 6.07) is 5.88. The number of para-hydroxylation sites is 1. The molecule has 0 saturated heterocycles. The van der Waals surface area contributed by atoms with Gasteiger partial charge in [-0.1, -0.05) is 18.2 Å². The van der Waals surface area contributed by atoms with Crippen LogP contribution in [-0.4, -0.2) is 16.8 Å². The number of nitrogens with one attached hydrogen (secondary N) is 2. The van der Waals surface area contributed by atoms with Crippen molar-refractivity contribution in [2.75, 3.05) is 12.3 Å². The van der Waals surface area contributed by atoms with Crippen LogP contribution in [0.1, 0.15) is 29.2 Å². The summed E-state index contributed by atoms with van der Waals surface area (Å²) in [7, 11) is 0. The highest BCUT2D eigenvalue weighted by atomic mass is 16.5. The molecule has 0 fully saturated rings. The molecule has 0 saturated carbocycles. The van der Waals surface area contributed by atoms with Crippen molar-refractivity contribution >= 4 is 5.82 Å². The highest BCUT2D eigenvalue weighted by Crippen LogP contribution is 2.36. The zero-order chi connectivity index (χ0) is 13.2. The first-order chi connectivity index (χ1) is 9.31. The van der Waals surface area contributed by atoms with Crippen molar-refractivity contribution in [2.45, 2.75) is 18.9 Å². The molecule has 6 nitrogen and oxygen atoms in total. The molecule has 0 spiro atoms. The summed E-state index contributed by atoms with van der Waals surface area (Å²) in [5.74, 6) is 7.12. The van der Waals surface area contributed by atoms with Crippen molar-refractivity contribution in [1.82, 2.24) is 15.6 Å². The number of nitrogens with zero attached hydrogens (tertiary/aromatic N) is 1. The Morgan fingerprint density at radius 2 is 2.26 bits per heavy atom. The SMILES string of the molecule is NNC(c1cn[nH]c1N)c1cccc2c1OCCC2. The standard InChI is InChI=1S/C13H17N5O/c14-13-10(7-16-18-13)11(17-15)9-5-1-3-8-4-2-6-19-12(8)9/h1,3,5,7,11,17H,2,4,6,15H2,(H3,14,16,18). The zero-order valence-electron chi connectivity index (χ0n) is 10.5. The number of aromatic nitrogens is 2. The summed E-state index contributed by atoms with van der Waals surface area (Å²) in [5.41, 5.74) is 11.7. The first kappa shape index (κ1) is 12.0. The smallest absolute Gasteiger partial charge is 0.127 e. The lowest BCUT2D eigenvalue weighted by Gasteiger charge is -2.24. The minimum atomic E-state index is -0.230. The first-order valence-electron chi connectivity index (χ1n) is 6.30. The van der Waals surface area contributed by atoms with E-state index in [9.17, 15) is 0 Å². The van der Waals surface area contributed by atoms with Crippen molar-refractivity contribution in [2.24, 2.45) is 5.84 Å². The predicted octanol–water partition coefficient (Wildman–Crippen LogP) is 0.870. The number of nitrogen functional groups attached to an aromatic ring is 1. The molecule has 2 aromatic rings. The van der Waals surface area contributed by atoms with Gasteiger partial charge in [0.1, 0.15) is 11.6 Å². The average molecular weight is 259 g/mol. The summed E-state index contributed by atoms with van der Waals surface area (Å²) < 4.78 is 5.81. The lowest BCUT2D eigenvalue weighted by molar-refractivity contribution is 0.283. The molecule has 19 heavy (non-hydrogen) atoms. The summed E-state index contributed by atoms with van der Waals surface area (Å²) >= 11 is 0. The van der Waals surface area contributed by atoms with Crippen molar-refractivity contribution in [3.8, 4) is 5.75 Å². The molecule has 6 heteroatoms. The highest BCUT2D eigenvalue weighted by Gasteiger charge is 2.23. The van der Waals surface area contributed by atoms with Gasteiger partial charge in [-0.05, 0) is 18.4 Å². The van der Waals surface area contributed by atoms with E-state index in [1.165, 1.54) is 5.56 Å². The van der Waals surface area contributed by atoms with Gasteiger partial charge in [-0.3, -0.25) is 10.9 Å². The van der Waals surface area contributed by atoms with Crippen molar-refractivity contribution in [1.29, 1.82) is 0 Å². The van der Waals surface area contributed by atoms with Crippen LogP contribution in [0.2, 0.25) is 0 Å². The van der Waals surface area contributed by atoms with Crippen LogP contribution in [0.3, 0.4) is 0 Å². The van der Waals surface area contributed by atoms with Crippen molar-refractivity contribution in [3.05, 3.63) is 41.1 Å². The second-order valence-corrected chi connectivity index (χ2v) is 4.63. The third kappa shape index (κ3) is 2.05. The van der Waals surface area contributed by atoms with Gasteiger partial charge in [0.25, 0.3) is 0 Å². The molecule has 6 N–H and O–H groups in total. The number of fused-ring (bicyclic) bond motifs is 1. The number of rotatable bonds is 3. The fraction of sp³-hybridized carbons (Fsp3) is 0.308. The molecule has 1 aliphatic heterocycles. The van der Waals surface area contributed by atoms with E-state index in [-0.39, 0.29) is 6.04 Å². The molecule has 0 aliphatic carbocycles. The highest BCUT2D eigenvalue weighted by molar-refractivity contribution is 5.51. The number of nitrogens with two attached hydrogens (primary N) is 2. The Balaban J connectivity index is 2.07. The third-order valence-electron chi connectivity index (χ3n) is 3.45. The van der Waals surface area contributed by atoms with Gasteiger partial charge >= 0.3 is 0 Å². The number of anilines is 1. The average Bonchev–Trinajstić information content (AvgIpc) is 2.86. The van der Waals surface area contributed by atoms with Gasteiger partial charge in [0.2, 0.25) is 0 Å². The summed E-state index contributed by atoms with van der Waals surface area (Å²) in [6.45, 7) is 0.738. The Morgan fingerprint density at radius 3 is 3.00 bits per heavy atom. The van der Waals surface area contributed by atoms with Crippen molar-refractivity contribution < 1.29 is 4.74 Å². The fourth-order valence-electron chi connectivity index (χ4n) is 2.52. The van der Waals surface area contributed by atoms with E-state index in [4.69, 9.17) is 16.3 Å². The van der Waals surface area contributed by atoms with Gasteiger partial charge < -0.3 is 10.5 Å². The molecule has 1 atom stereocenters. The van der Waals surface area contributed by atoms with Gasteiger partial charge in [-0.2, -0.15) is 5.10 Å². The lowest BCUT2D eigenvalue weighted by atomic mass is 9.95. The molecule has 1 aromatic heterocycles. The lowest BCUT2D eigenvalue weighted by Crippen LogP contribution is -2.30. The van der Waals surface area contributed by atoms with E-state index in [0.717, 1.165) is 36.3 Å². The number of hydrogen-bond acceptors (Lipinski definition) is 5. The number of aryl methyl sites for hydroxylation is 1. The second-order valence-electron chi connectivity index (χ2n) is 4.63. The number of benzene rings is 1. The maximum atomic E-state index is 5.88. The molecule has 0 amide bonds. The first-order valence-corrected chi connectivity index (χ1v) is 6.30. The van der Waals surface area contributed by atoms with Crippen LogP contribution in [0.4, 0.5) is 5.82 Å². The van der Waals surface area contributed by atoms with E-state index in [2.05, 4.69) is 21.7 Å². The van der Waals surface area contributed by atoms with E-state index in [0.29, 0.717) is 5.82 Å². The second kappa shape index (κ2) is 4.91. The zero-order valence-corrected chi connectivity index (χ0v) is 10.5. The Morgan fingerprint density at radius 1 is 1.37 bits per heavy atom. The Kier molecular flexibility index (Phi) is 3.10. The number of ether oxygens (including phenoxy) is 1. The Bertz CT molecular complexity index is 580. The van der Waals surface area contributed by atoms with Crippen LogP contribution in [-0.2, 0) is 6.42 Å². The van der Waals surface area contributed by atoms with Gasteiger partial charge in [0.15, 0.2) is 0 Å². The number of hydrazine groups is 1. The summed E-state index contributed by atoms with van der Waals surface area (Å²) in [6.07, 6.45) is 3.76. The molecular weight excluding hydrogens is 242 g/mol. The molecule has 0 radical (unpaired) electrons. The summed E-state index contributed by atoms with van der Waals surface area (Å²) in [5, 5.41) is 6.67. The molecule has 0 bridgehead atoms. The number of hydrogen-bond donors (Lipinski definition) is 4. The van der Waals surface area contributed by atoms with Crippen LogP contribution < -0.4 is 21.7 Å². The van der Waals surface area contributed by atoms with Gasteiger partial charge in [0, 0.05) is 11.1 Å². The molecule has 2 heterocycles. The molecule has 100 valence electrons. The fourth-order valence-corrected chi connectivity index (χ4v) is 2.52. The number of H-pyrrole nitrogens is 1. The van der Waals surface area contributed by atoms with E-state index < -0.39 is 0 Å². The van der Waals surface area contributed by atoms with Gasteiger partial charge in [0.05, 0.1) is 18.8 Å². The minimum Gasteiger partial charge on any atom is -0.493 e. The van der Waals surface area contributed by atoms with Crippen LogP contribution >= 0.6 is 0 Å². The van der Waals surface area contributed by atoms with E-state index in [1.807, 2.05) is 12.1 Å². The number of aromatic amines is 1. The monoisotopic (exact) mass is 259 g/mol. The molecule has 3 rings (SSSR count). The topological polar surface area (TPSA) is 102 Å². The van der Waals surface area contributed by atoms with Gasteiger partial charge in [-0.25, -0.2) is 5.43 Å². The van der Waals surface area contributed by atoms with Gasteiger partial charge in [-0.15, -0.1) is 0 Å². The van der Waals surface area contributed by atoms with Crippen LogP contribution in [0.5, 0.6) is 5.75 Å². The minimum absolute atomic E-state index is 0.230. The largest absolute Gasteiger partial charge is 0.493 e. The normalized spacial score (nSPS) is 15.6. The molecular formula is C13H17N5O. The predicted molar refractivity (Wildman–Crippen MR) is 72.4 cm³/mol. The van der Waals surface area contributed by atoms with Crippen LogP contribution in [0, 0.1) is 0 Å². The van der Waals surface area contributed by atoms with Crippen LogP contribution in [0.15, 0.2) is 24.4 Å². The summed E-state index contributed by atoms with van der Waals surface area (Å²) in [4.78, 5) is 0. The molecule has 1 aromatic carbocycles. The molecule has 1 aliphatic rings. The maximum absolute atomic E-state index is 5.88. The van der Waals surface area contributed by atoms with Crippen LogP contribution in [0.25, 0.3) is 0 Å². The third-order valence-corrected chi connectivity index (χ3v) is 3.45. The van der Waals surface area contributed by atoms with E-state index >= 15 is 0 Å². The quantitative estimate of drug-likeness (QED) is 0.484. The Labute approximate surface area is 111 Å². The van der Waals surface area contributed by atoms with Crippen molar-refractivity contribution in [3.63, 3.8) is 0 Å². The Hall–Kier alpha value is -2.05. The van der Waals surface area contributed by atoms with E-state index in [1.54, 1.807) is 6.20 Å². The maximum Gasteiger partial charge on any atom is 0.127 e. The molecule has 1 unspecified atom stereocenters.